The molecule has 198 valence electrons. The molecule has 0 unspecified atom stereocenters. The molecule has 4 rings (SSSR count). The quantitative estimate of drug-likeness (QED) is 0.357. The van der Waals surface area contributed by atoms with Crippen LogP contribution in [0.2, 0.25) is 0 Å². The molecule has 8 nitrogen and oxygen atoms in total. The first-order valence-corrected chi connectivity index (χ1v) is 13.6. The van der Waals surface area contributed by atoms with Crippen LogP contribution in [0.15, 0.2) is 71.3 Å². The number of pyridine rings is 1. The maximum Gasteiger partial charge on any atom is 0.257 e. The minimum atomic E-state index is -0.304. The standard InChI is InChI=1S/C29H32BrN5O3/c1-3-33(20-21-11-13-22(30)14-12-21)18-19-34(4-2)26(36)15-16-27(37)35-25-10-6-5-8-23(25)29(38)32-24-9-7-17-31-28(24)35/h5-14,17H,3-4,15-16,18-20H2,1-2H3,(H,32,38). The highest BCUT2D eigenvalue weighted by Crippen LogP contribution is 2.36. The van der Waals surface area contributed by atoms with Crippen molar-refractivity contribution in [1.29, 1.82) is 0 Å². The van der Waals surface area contributed by atoms with E-state index >= 15 is 0 Å². The van der Waals surface area contributed by atoms with Gasteiger partial charge in [-0.3, -0.25) is 24.2 Å². The van der Waals surface area contributed by atoms with E-state index in [0.717, 1.165) is 24.1 Å². The molecule has 0 saturated carbocycles. The second-order valence-corrected chi connectivity index (χ2v) is 9.96. The average Bonchev–Trinajstić information content (AvgIpc) is 3.06. The van der Waals surface area contributed by atoms with Gasteiger partial charge in [-0.2, -0.15) is 0 Å². The van der Waals surface area contributed by atoms with Crippen LogP contribution in [0, 0.1) is 0 Å². The van der Waals surface area contributed by atoms with Crippen molar-refractivity contribution in [3.05, 3.63) is 82.5 Å². The predicted octanol–water partition coefficient (Wildman–Crippen LogP) is 5.23. The third kappa shape index (κ3) is 6.46. The van der Waals surface area contributed by atoms with Crippen molar-refractivity contribution >= 4 is 50.8 Å². The van der Waals surface area contributed by atoms with Gasteiger partial charge in [-0.05, 0) is 55.4 Å². The Hall–Kier alpha value is -3.56. The Balaban J connectivity index is 1.41. The summed E-state index contributed by atoms with van der Waals surface area (Å²) in [6.07, 6.45) is 1.66. The number of rotatable bonds is 10. The van der Waals surface area contributed by atoms with Crippen molar-refractivity contribution in [3.8, 4) is 0 Å². The molecule has 0 bridgehead atoms. The molecule has 0 aliphatic carbocycles. The fourth-order valence-electron chi connectivity index (χ4n) is 4.49. The van der Waals surface area contributed by atoms with Gasteiger partial charge in [0.1, 0.15) is 0 Å². The third-order valence-electron chi connectivity index (χ3n) is 6.63. The first-order chi connectivity index (χ1) is 18.4. The molecule has 38 heavy (non-hydrogen) atoms. The van der Waals surface area contributed by atoms with Crippen LogP contribution in [0.5, 0.6) is 0 Å². The van der Waals surface area contributed by atoms with E-state index in [-0.39, 0.29) is 30.6 Å². The number of hydrogen-bond acceptors (Lipinski definition) is 5. The van der Waals surface area contributed by atoms with Gasteiger partial charge in [0.05, 0.1) is 16.9 Å². The summed E-state index contributed by atoms with van der Waals surface area (Å²) < 4.78 is 1.05. The van der Waals surface area contributed by atoms with E-state index in [9.17, 15) is 14.4 Å². The lowest BCUT2D eigenvalue weighted by Gasteiger charge is -2.27. The fraction of sp³-hybridized carbons (Fsp3) is 0.310. The first-order valence-electron chi connectivity index (χ1n) is 12.8. The third-order valence-corrected chi connectivity index (χ3v) is 7.15. The number of aromatic nitrogens is 1. The van der Waals surface area contributed by atoms with Crippen LogP contribution < -0.4 is 10.2 Å². The minimum absolute atomic E-state index is 0.00422. The number of nitrogens with zero attached hydrogens (tertiary/aromatic N) is 4. The smallest absolute Gasteiger partial charge is 0.257 e. The van der Waals surface area contributed by atoms with E-state index in [1.54, 1.807) is 47.5 Å². The number of para-hydroxylation sites is 1. The van der Waals surface area contributed by atoms with Gasteiger partial charge < -0.3 is 10.2 Å². The normalized spacial score (nSPS) is 12.4. The number of amides is 3. The Labute approximate surface area is 231 Å². The van der Waals surface area contributed by atoms with Crippen LogP contribution >= 0.6 is 15.9 Å². The van der Waals surface area contributed by atoms with Crippen molar-refractivity contribution in [2.45, 2.75) is 33.2 Å². The molecule has 1 aliphatic rings. The summed E-state index contributed by atoms with van der Waals surface area (Å²) in [4.78, 5) is 49.3. The van der Waals surface area contributed by atoms with Crippen molar-refractivity contribution in [3.63, 3.8) is 0 Å². The Bertz CT molecular complexity index is 1300. The molecule has 3 aromatic rings. The summed E-state index contributed by atoms with van der Waals surface area (Å²) in [5.74, 6) is -0.313. The number of nitrogens with one attached hydrogen (secondary N) is 1. The van der Waals surface area contributed by atoms with E-state index < -0.39 is 0 Å². The molecule has 0 spiro atoms. The Kier molecular flexibility index (Phi) is 9.25. The highest BCUT2D eigenvalue weighted by atomic mass is 79.9. The Morgan fingerprint density at radius 1 is 0.947 bits per heavy atom. The monoisotopic (exact) mass is 577 g/mol. The first kappa shape index (κ1) is 27.5. The number of anilines is 3. The maximum atomic E-state index is 13.5. The zero-order valence-corrected chi connectivity index (χ0v) is 23.3. The van der Waals surface area contributed by atoms with Gasteiger partial charge in [0, 0.05) is 49.7 Å². The summed E-state index contributed by atoms with van der Waals surface area (Å²) in [6, 6.07) is 18.6. The highest BCUT2D eigenvalue weighted by molar-refractivity contribution is 9.10. The van der Waals surface area contributed by atoms with E-state index in [1.165, 1.54) is 10.5 Å². The van der Waals surface area contributed by atoms with Gasteiger partial charge in [0.2, 0.25) is 11.8 Å². The molecule has 0 radical (unpaired) electrons. The number of benzene rings is 2. The average molecular weight is 579 g/mol. The van der Waals surface area contributed by atoms with Crippen molar-refractivity contribution in [2.75, 3.05) is 36.4 Å². The minimum Gasteiger partial charge on any atom is -0.342 e. The Morgan fingerprint density at radius 3 is 2.45 bits per heavy atom. The molecule has 1 aromatic heterocycles. The molecule has 1 N–H and O–H groups in total. The molecule has 0 fully saturated rings. The summed E-state index contributed by atoms with van der Waals surface area (Å²) >= 11 is 3.47. The molecular weight excluding hydrogens is 546 g/mol. The molecule has 0 atom stereocenters. The number of likely N-dealkylation sites (N-methyl/N-ethyl adjacent to an activating group) is 2. The lowest BCUT2D eigenvalue weighted by atomic mass is 10.1. The molecule has 9 heteroatoms. The molecule has 2 aromatic carbocycles. The zero-order valence-electron chi connectivity index (χ0n) is 21.7. The fourth-order valence-corrected chi connectivity index (χ4v) is 4.76. The maximum absolute atomic E-state index is 13.5. The van der Waals surface area contributed by atoms with Crippen molar-refractivity contribution < 1.29 is 14.4 Å². The van der Waals surface area contributed by atoms with E-state index in [1.807, 2.05) is 19.1 Å². The van der Waals surface area contributed by atoms with E-state index in [0.29, 0.717) is 35.8 Å². The van der Waals surface area contributed by atoms with Crippen LogP contribution in [0.1, 0.15) is 42.6 Å². The second-order valence-electron chi connectivity index (χ2n) is 9.04. The Morgan fingerprint density at radius 2 is 1.71 bits per heavy atom. The lowest BCUT2D eigenvalue weighted by molar-refractivity contribution is -0.133. The van der Waals surface area contributed by atoms with Crippen LogP contribution in [-0.2, 0) is 16.1 Å². The molecular formula is C29H32BrN5O3. The van der Waals surface area contributed by atoms with Gasteiger partial charge in [-0.1, -0.05) is 47.1 Å². The molecule has 1 aliphatic heterocycles. The van der Waals surface area contributed by atoms with Gasteiger partial charge in [0.25, 0.3) is 5.91 Å². The summed E-state index contributed by atoms with van der Waals surface area (Å²) in [5.41, 5.74) is 2.51. The molecule has 0 saturated heterocycles. The van der Waals surface area contributed by atoms with Gasteiger partial charge in [-0.25, -0.2) is 4.98 Å². The predicted molar refractivity (Wildman–Crippen MR) is 152 cm³/mol. The highest BCUT2D eigenvalue weighted by Gasteiger charge is 2.30. The number of fused-ring (bicyclic) bond motifs is 2. The van der Waals surface area contributed by atoms with Gasteiger partial charge in [-0.15, -0.1) is 0 Å². The zero-order chi connectivity index (χ0) is 27.1. The topological polar surface area (TPSA) is 85.9 Å². The summed E-state index contributed by atoms with van der Waals surface area (Å²) in [5, 5.41) is 2.83. The van der Waals surface area contributed by atoms with E-state index in [2.05, 4.69) is 50.2 Å². The summed E-state index contributed by atoms with van der Waals surface area (Å²) in [7, 11) is 0. The van der Waals surface area contributed by atoms with Crippen LogP contribution in [0.3, 0.4) is 0 Å². The lowest BCUT2D eigenvalue weighted by Crippen LogP contribution is -2.39. The number of hydrogen-bond donors (Lipinski definition) is 1. The number of carbonyl (C=O) groups is 3. The summed E-state index contributed by atoms with van der Waals surface area (Å²) in [6.45, 7) is 7.63. The van der Waals surface area contributed by atoms with Crippen molar-refractivity contribution in [1.82, 2.24) is 14.8 Å². The molecule has 3 amide bonds. The van der Waals surface area contributed by atoms with Crippen LogP contribution in [-0.4, -0.2) is 58.7 Å². The van der Waals surface area contributed by atoms with Gasteiger partial charge >= 0.3 is 0 Å². The van der Waals surface area contributed by atoms with Crippen LogP contribution in [0.25, 0.3) is 0 Å². The van der Waals surface area contributed by atoms with E-state index in [4.69, 9.17) is 0 Å². The number of carbonyl (C=O) groups excluding carboxylic acids is 3. The second kappa shape index (κ2) is 12.8. The van der Waals surface area contributed by atoms with Crippen molar-refractivity contribution in [2.24, 2.45) is 0 Å². The van der Waals surface area contributed by atoms with Crippen LogP contribution in [0.4, 0.5) is 17.2 Å². The number of halogens is 1. The molecule has 2 heterocycles. The van der Waals surface area contributed by atoms with Gasteiger partial charge in [0.15, 0.2) is 5.82 Å². The largest absolute Gasteiger partial charge is 0.342 e. The SMILES string of the molecule is CCN(CCN(CC)C(=O)CCC(=O)N1c2ccccc2C(=O)Nc2cccnc21)Cc1ccc(Br)cc1.